The Morgan fingerprint density at radius 2 is 1.89 bits per heavy atom. The topological polar surface area (TPSA) is 40.6 Å². The highest BCUT2D eigenvalue weighted by Gasteiger charge is 2.35. The number of rotatable bonds is 4. The molecule has 0 bridgehead atoms. The summed E-state index contributed by atoms with van der Waals surface area (Å²) in [6.45, 7) is 8.79. The van der Waals surface area contributed by atoms with Crippen LogP contribution in [0.15, 0.2) is 17.2 Å². The third-order valence-electron chi connectivity index (χ3n) is 4.06. The first-order valence-corrected chi connectivity index (χ1v) is 8.61. The molecule has 0 aromatic carbocycles. The number of hydrogen-bond donors (Lipinski definition) is 0. The molecule has 5 heteroatoms. The van der Waals surface area contributed by atoms with E-state index in [4.69, 9.17) is 0 Å². The van der Waals surface area contributed by atoms with Crippen LogP contribution in [0, 0.1) is 11.8 Å². The summed E-state index contributed by atoms with van der Waals surface area (Å²) in [5.74, 6) is 1.35. The van der Waals surface area contributed by atoms with E-state index in [9.17, 15) is 8.42 Å². The predicted molar refractivity (Wildman–Crippen MR) is 77.1 cm³/mol. The molecule has 0 N–H and O–H groups in total. The van der Waals surface area contributed by atoms with Crippen molar-refractivity contribution in [3.63, 3.8) is 0 Å². The summed E-state index contributed by atoms with van der Waals surface area (Å²) in [6, 6.07) is 0. The lowest BCUT2D eigenvalue weighted by Gasteiger charge is -2.41. The lowest BCUT2D eigenvalue weighted by atomic mass is 9.96. The molecule has 2 aliphatic rings. The van der Waals surface area contributed by atoms with Crippen molar-refractivity contribution in [3.05, 3.63) is 17.2 Å². The summed E-state index contributed by atoms with van der Waals surface area (Å²) in [6.07, 6.45) is 4.17. The van der Waals surface area contributed by atoms with Gasteiger partial charge in [-0.25, -0.2) is 8.42 Å². The molecule has 108 valence electrons. The molecule has 19 heavy (non-hydrogen) atoms. The summed E-state index contributed by atoms with van der Waals surface area (Å²) in [5.41, 5.74) is 2.65. The van der Waals surface area contributed by atoms with E-state index in [1.54, 1.807) is 17.3 Å². The lowest BCUT2D eigenvalue weighted by molar-refractivity contribution is 0.109. The van der Waals surface area contributed by atoms with Gasteiger partial charge in [0.1, 0.15) is 0 Å². The minimum Gasteiger partial charge on any atom is -0.303 e. The number of piperidine rings is 1. The van der Waals surface area contributed by atoms with Crippen LogP contribution in [0.4, 0.5) is 0 Å². The largest absolute Gasteiger partial charge is 0.303 e. The third kappa shape index (κ3) is 3.93. The summed E-state index contributed by atoms with van der Waals surface area (Å²) < 4.78 is 25.2. The zero-order chi connectivity index (χ0) is 13.9. The SMILES string of the molecule is CC=C=CS(=O)(=O)N1CC(CN2CCC(C)CC2)C1. The molecule has 0 aromatic heterocycles. The van der Waals surface area contributed by atoms with Gasteiger partial charge in [0.05, 0.1) is 5.41 Å². The molecule has 0 atom stereocenters. The minimum atomic E-state index is -3.22. The molecule has 0 aromatic rings. The summed E-state index contributed by atoms with van der Waals surface area (Å²) >= 11 is 0. The highest BCUT2D eigenvalue weighted by molar-refractivity contribution is 7.92. The van der Waals surface area contributed by atoms with Crippen LogP contribution in [0.25, 0.3) is 0 Å². The van der Waals surface area contributed by atoms with Gasteiger partial charge < -0.3 is 4.90 Å². The molecule has 2 fully saturated rings. The zero-order valence-corrected chi connectivity index (χ0v) is 12.7. The molecule has 0 unspecified atom stereocenters. The minimum absolute atomic E-state index is 0.502. The molecular weight excluding hydrogens is 260 g/mol. The van der Waals surface area contributed by atoms with Crippen LogP contribution in [0.2, 0.25) is 0 Å². The average molecular weight is 284 g/mol. The first-order chi connectivity index (χ1) is 9.01. The maximum atomic E-state index is 11.8. The molecule has 2 aliphatic heterocycles. The molecular formula is C14H24N2O2S. The fourth-order valence-corrected chi connectivity index (χ4v) is 3.98. The summed E-state index contributed by atoms with van der Waals surface area (Å²) in [7, 11) is -3.22. The van der Waals surface area contributed by atoms with Crippen molar-refractivity contribution >= 4 is 10.0 Å². The van der Waals surface area contributed by atoms with Crippen molar-refractivity contribution in [2.24, 2.45) is 11.8 Å². The van der Waals surface area contributed by atoms with Gasteiger partial charge in [0, 0.05) is 19.6 Å². The molecule has 0 saturated carbocycles. The van der Waals surface area contributed by atoms with Gasteiger partial charge in [0.2, 0.25) is 10.0 Å². The highest BCUT2D eigenvalue weighted by Crippen LogP contribution is 2.23. The molecule has 2 saturated heterocycles. The molecule has 0 amide bonds. The molecule has 2 rings (SSSR count). The third-order valence-corrected chi connectivity index (χ3v) is 5.51. The van der Waals surface area contributed by atoms with Crippen molar-refractivity contribution < 1.29 is 8.42 Å². The number of nitrogens with zero attached hydrogens (tertiary/aromatic N) is 2. The van der Waals surface area contributed by atoms with Gasteiger partial charge in [-0.05, 0) is 50.8 Å². The first-order valence-electron chi connectivity index (χ1n) is 7.11. The second kappa shape index (κ2) is 6.23. The van der Waals surface area contributed by atoms with E-state index in [1.165, 1.54) is 31.3 Å². The Hall–Kier alpha value is -0.610. The summed E-state index contributed by atoms with van der Waals surface area (Å²) in [4.78, 5) is 2.48. The summed E-state index contributed by atoms with van der Waals surface area (Å²) in [5, 5.41) is 1.17. The van der Waals surface area contributed by atoms with Crippen molar-refractivity contribution in [1.82, 2.24) is 9.21 Å². The van der Waals surface area contributed by atoms with Crippen LogP contribution in [0.3, 0.4) is 0 Å². The van der Waals surface area contributed by atoms with E-state index in [0.717, 1.165) is 12.5 Å². The van der Waals surface area contributed by atoms with Gasteiger partial charge >= 0.3 is 0 Å². The predicted octanol–water partition coefficient (Wildman–Crippen LogP) is 1.67. The van der Waals surface area contributed by atoms with Gasteiger partial charge in [-0.3, -0.25) is 0 Å². The fourth-order valence-electron chi connectivity index (χ4n) is 2.68. The van der Waals surface area contributed by atoms with E-state index in [1.807, 2.05) is 0 Å². The standard InChI is InChI=1S/C14H24N2O2S/c1-3-4-9-19(17,18)16-11-14(12-16)10-15-7-5-13(2)6-8-15/h3,9,13-14H,5-8,10-12H2,1-2H3. The van der Waals surface area contributed by atoms with Crippen molar-refractivity contribution in [3.8, 4) is 0 Å². The van der Waals surface area contributed by atoms with Crippen molar-refractivity contribution in [2.45, 2.75) is 26.7 Å². The van der Waals surface area contributed by atoms with Crippen molar-refractivity contribution in [2.75, 3.05) is 32.7 Å². The number of likely N-dealkylation sites (tertiary alicyclic amines) is 1. The second-order valence-electron chi connectivity index (χ2n) is 5.78. The number of hydrogen-bond acceptors (Lipinski definition) is 3. The monoisotopic (exact) mass is 284 g/mol. The van der Waals surface area contributed by atoms with Gasteiger partial charge in [0.25, 0.3) is 0 Å². The Morgan fingerprint density at radius 3 is 2.47 bits per heavy atom. The van der Waals surface area contributed by atoms with E-state index >= 15 is 0 Å². The molecule has 0 aliphatic carbocycles. The van der Waals surface area contributed by atoms with E-state index in [-0.39, 0.29) is 0 Å². The Bertz CT molecular complexity index is 452. The second-order valence-corrected chi connectivity index (χ2v) is 7.57. The van der Waals surface area contributed by atoms with Crippen LogP contribution < -0.4 is 0 Å². The van der Waals surface area contributed by atoms with Crippen LogP contribution in [-0.2, 0) is 10.0 Å². The maximum absolute atomic E-state index is 11.8. The number of sulfonamides is 1. The molecule has 4 nitrogen and oxygen atoms in total. The Kier molecular flexibility index (Phi) is 4.85. The molecule has 0 spiro atoms. The van der Waals surface area contributed by atoms with Gasteiger partial charge in [-0.15, -0.1) is 5.73 Å². The van der Waals surface area contributed by atoms with E-state index in [0.29, 0.717) is 19.0 Å². The molecule has 2 heterocycles. The zero-order valence-electron chi connectivity index (χ0n) is 11.9. The van der Waals surface area contributed by atoms with E-state index in [2.05, 4.69) is 17.6 Å². The quantitative estimate of drug-likeness (QED) is 0.737. The maximum Gasteiger partial charge on any atom is 0.243 e. The Balaban J connectivity index is 1.76. The van der Waals surface area contributed by atoms with E-state index < -0.39 is 10.0 Å². The Labute approximate surface area is 116 Å². The number of allylic oxidation sites excluding steroid dienone is 1. The van der Waals surface area contributed by atoms with Crippen LogP contribution in [0.5, 0.6) is 0 Å². The first kappa shape index (κ1) is 14.8. The van der Waals surface area contributed by atoms with Gasteiger partial charge in [-0.1, -0.05) is 6.92 Å². The normalized spacial score (nSPS) is 23.7. The lowest BCUT2D eigenvalue weighted by Crippen LogP contribution is -2.53. The van der Waals surface area contributed by atoms with Crippen LogP contribution in [0.1, 0.15) is 26.7 Å². The highest BCUT2D eigenvalue weighted by atomic mass is 32.2. The Morgan fingerprint density at radius 1 is 1.26 bits per heavy atom. The van der Waals surface area contributed by atoms with Crippen molar-refractivity contribution in [1.29, 1.82) is 0 Å². The van der Waals surface area contributed by atoms with Crippen LogP contribution >= 0.6 is 0 Å². The smallest absolute Gasteiger partial charge is 0.243 e. The van der Waals surface area contributed by atoms with Gasteiger partial charge in [-0.2, -0.15) is 4.31 Å². The average Bonchev–Trinajstić information content (AvgIpc) is 2.33. The fraction of sp³-hybridized carbons (Fsp3) is 0.786. The van der Waals surface area contributed by atoms with Gasteiger partial charge in [0.15, 0.2) is 0 Å². The van der Waals surface area contributed by atoms with Crippen LogP contribution in [-0.4, -0.2) is 50.3 Å². The molecule has 0 radical (unpaired) electrons.